The van der Waals surface area contributed by atoms with Crippen LogP contribution in [0.2, 0.25) is 0 Å². The lowest BCUT2D eigenvalue weighted by Gasteiger charge is -2.32. The van der Waals surface area contributed by atoms with Crippen molar-refractivity contribution in [3.8, 4) is 0 Å². The molecule has 2 unspecified atom stereocenters. The second-order valence-electron chi connectivity index (χ2n) is 6.55. The van der Waals surface area contributed by atoms with Gasteiger partial charge >= 0.3 is 0 Å². The van der Waals surface area contributed by atoms with Crippen molar-refractivity contribution in [1.82, 2.24) is 0 Å². The molecule has 1 aliphatic rings. The van der Waals surface area contributed by atoms with Gasteiger partial charge < -0.3 is 15.2 Å². The van der Waals surface area contributed by atoms with E-state index < -0.39 is 0 Å². The maximum atomic E-state index is 5.96. The van der Waals surface area contributed by atoms with Crippen molar-refractivity contribution in [2.24, 2.45) is 11.1 Å². The van der Waals surface area contributed by atoms with Gasteiger partial charge in [0.05, 0.1) is 18.3 Å². The molecule has 3 nitrogen and oxygen atoms in total. The number of hydrogen-bond donors (Lipinski definition) is 1. The van der Waals surface area contributed by atoms with Crippen molar-refractivity contribution in [3.05, 3.63) is 0 Å². The fourth-order valence-electron chi connectivity index (χ4n) is 2.54. The van der Waals surface area contributed by atoms with E-state index in [1.165, 1.54) is 12.8 Å². The maximum absolute atomic E-state index is 5.96. The molecule has 1 aliphatic heterocycles. The Balaban J connectivity index is 2.07. The molecule has 0 saturated carbocycles. The lowest BCUT2D eigenvalue weighted by molar-refractivity contribution is -0.102. The first-order valence-corrected chi connectivity index (χ1v) is 7.40. The average molecular weight is 257 g/mol. The Morgan fingerprint density at radius 1 is 1.17 bits per heavy atom. The second kappa shape index (κ2) is 7.46. The minimum absolute atomic E-state index is 0.279. The van der Waals surface area contributed by atoms with E-state index in [2.05, 4.69) is 27.7 Å². The van der Waals surface area contributed by atoms with E-state index in [1.54, 1.807) is 0 Å². The smallest absolute Gasteiger partial charge is 0.0624 e. The lowest BCUT2D eigenvalue weighted by Crippen LogP contribution is -2.34. The molecular formula is C15H31NO2. The molecule has 108 valence electrons. The van der Waals surface area contributed by atoms with Crippen molar-refractivity contribution in [1.29, 1.82) is 0 Å². The molecule has 0 spiro atoms. The molecule has 2 N–H and O–H groups in total. The molecule has 0 aromatic heterocycles. The average Bonchev–Trinajstić information content (AvgIpc) is 2.27. The molecule has 0 aromatic rings. The largest absolute Gasteiger partial charge is 0.378 e. The van der Waals surface area contributed by atoms with Gasteiger partial charge in [-0.1, -0.05) is 20.3 Å². The molecule has 0 aromatic carbocycles. The van der Waals surface area contributed by atoms with Crippen LogP contribution >= 0.6 is 0 Å². The number of rotatable bonds is 7. The first kappa shape index (κ1) is 15.9. The van der Waals surface area contributed by atoms with Gasteiger partial charge in [0.15, 0.2) is 0 Å². The molecule has 0 bridgehead atoms. The Labute approximate surface area is 112 Å². The first-order valence-electron chi connectivity index (χ1n) is 7.40. The second-order valence-corrected chi connectivity index (χ2v) is 6.55. The monoisotopic (exact) mass is 257 g/mol. The summed E-state index contributed by atoms with van der Waals surface area (Å²) in [5.41, 5.74) is 6.00. The van der Waals surface area contributed by atoms with Crippen molar-refractivity contribution in [3.63, 3.8) is 0 Å². The Morgan fingerprint density at radius 3 is 2.33 bits per heavy atom. The summed E-state index contributed by atoms with van der Waals surface area (Å²) in [6.07, 6.45) is 6.70. The molecule has 0 amide bonds. The van der Waals surface area contributed by atoms with E-state index in [0.29, 0.717) is 18.3 Å². The zero-order valence-electron chi connectivity index (χ0n) is 12.6. The molecule has 1 heterocycles. The number of hydrogen-bond acceptors (Lipinski definition) is 3. The van der Waals surface area contributed by atoms with Crippen LogP contribution in [0.15, 0.2) is 0 Å². The summed E-state index contributed by atoms with van der Waals surface area (Å²) in [6, 6.07) is 0. The van der Waals surface area contributed by atoms with E-state index in [1.807, 2.05) is 0 Å². The molecule has 3 heteroatoms. The number of unbranched alkanes of at least 4 members (excludes halogenated alkanes) is 1. The third kappa shape index (κ3) is 6.17. The van der Waals surface area contributed by atoms with Crippen LogP contribution in [0.5, 0.6) is 0 Å². The lowest BCUT2D eigenvalue weighted by atomic mass is 9.87. The maximum Gasteiger partial charge on any atom is 0.0624 e. The van der Waals surface area contributed by atoms with Crippen LogP contribution in [0.1, 0.15) is 59.8 Å². The third-order valence-corrected chi connectivity index (χ3v) is 3.81. The van der Waals surface area contributed by atoms with Crippen molar-refractivity contribution < 1.29 is 9.47 Å². The number of nitrogens with two attached hydrogens (primary N) is 1. The summed E-state index contributed by atoms with van der Waals surface area (Å²) in [5, 5.41) is 0. The highest BCUT2D eigenvalue weighted by molar-refractivity contribution is 4.74. The molecular weight excluding hydrogens is 226 g/mol. The summed E-state index contributed by atoms with van der Waals surface area (Å²) in [4.78, 5) is 0. The van der Waals surface area contributed by atoms with Gasteiger partial charge in [-0.15, -0.1) is 0 Å². The van der Waals surface area contributed by atoms with Crippen LogP contribution in [-0.4, -0.2) is 31.5 Å². The Bertz CT molecular complexity index is 221. The third-order valence-electron chi connectivity index (χ3n) is 3.81. The van der Waals surface area contributed by atoms with Crippen LogP contribution in [0.4, 0.5) is 0 Å². The van der Waals surface area contributed by atoms with Gasteiger partial charge in [0.25, 0.3) is 0 Å². The van der Waals surface area contributed by atoms with Crippen LogP contribution in [0.3, 0.4) is 0 Å². The van der Waals surface area contributed by atoms with Crippen LogP contribution in [0.25, 0.3) is 0 Å². The van der Waals surface area contributed by atoms with Gasteiger partial charge in [-0.25, -0.2) is 0 Å². The fourth-order valence-corrected chi connectivity index (χ4v) is 2.54. The molecule has 18 heavy (non-hydrogen) atoms. The van der Waals surface area contributed by atoms with Gasteiger partial charge in [-0.2, -0.15) is 0 Å². The Kier molecular flexibility index (Phi) is 6.61. The van der Waals surface area contributed by atoms with E-state index in [-0.39, 0.29) is 5.41 Å². The van der Waals surface area contributed by atoms with Crippen LogP contribution in [0, 0.1) is 5.41 Å². The van der Waals surface area contributed by atoms with E-state index in [9.17, 15) is 0 Å². The molecule has 1 saturated heterocycles. The van der Waals surface area contributed by atoms with E-state index in [0.717, 1.165) is 32.4 Å². The van der Waals surface area contributed by atoms with Gasteiger partial charge in [-0.05, 0) is 51.5 Å². The van der Waals surface area contributed by atoms with Crippen molar-refractivity contribution in [2.45, 2.75) is 78.1 Å². The Hall–Kier alpha value is -0.120. The van der Waals surface area contributed by atoms with Crippen molar-refractivity contribution >= 4 is 0 Å². The first-order chi connectivity index (χ1) is 8.43. The molecule has 2 atom stereocenters. The summed E-state index contributed by atoms with van der Waals surface area (Å²) in [5.74, 6) is 0. The Morgan fingerprint density at radius 2 is 1.78 bits per heavy atom. The number of ether oxygens (including phenoxy) is 2. The van der Waals surface area contributed by atoms with Gasteiger partial charge in [0, 0.05) is 6.61 Å². The summed E-state index contributed by atoms with van der Waals surface area (Å²) < 4.78 is 11.7. The highest BCUT2D eigenvalue weighted by atomic mass is 16.5. The fraction of sp³-hybridized carbons (Fsp3) is 1.00. The van der Waals surface area contributed by atoms with Gasteiger partial charge in [0.1, 0.15) is 0 Å². The minimum Gasteiger partial charge on any atom is -0.378 e. The predicted octanol–water partition coefficient (Wildman–Crippen LogP) is 3.11. The summed E-state index contributed by atoms with van der Waals surface area (Å²) in [7, 11) is 0. The predicted molar refractivity (Wildman–Crippen MR) is 75.7 cm³/mol. The molecule has 1 rings (SSSR count). The highest BCUT2D eigenvalue weighted by Gasteiger charge is 2.24. The summed E-state index contributed by atoms with van der Waals surface area (Å²) in [6.45, 7) is 10.4. The standard InChI is InChI=1S/C15H31NO2/c1-12-9-14(10-13(2)18-12)17-8-6-5-7-15(3,4)11-16/h12-14H,5-11,16H2,1-4H3. The van der Waals surface area contributed by atoms with E-state index >= 15 is 0 Å². The highest BCUT2D eigenvalue weighted by Crippen LogP contribution is 2.23. The SMILES string of the molecule is CC1CC(OCCCCC(C)(C)CN)CC(C)O1. The normalized spacial score (nSPS) is 29.5. The molecule has 0 radical (unpaired) electrons. The molecule has 1 fully saturated rings. The zero-order valence-corrected chi connectivity index (χ0v) is 12.6. The minimum atomic E-state index is 0.279. The van der Waals surface area contributed by atoms with Crippen LogP contribution in [-0.2, 0) is 9.47 Å². The quantitative estimate of drug-likeness (QED) is 0.713. The van der Waals surface area contributed by atoms with Crippen LogP contribution < -0.4 is 5.73 Å². The zero-order chi connectivity index (χ0) is 13.6. The van der Waals surface area contributed by atoms with Gasteiger partial charge in [-0.3, -0.25) is 0 Å². The topological polar surface area (TPSA) is 44.5 Å². The molecule has 0 aliphatic carbocycles. The van der Waals surface area contributed by atoms with Gasteiger partial charge in [0.2, 0.25) is 0 Å². The van der Waals surface area contributed by atoms with E-state index in [4.69, 9.17) is 15.2 Å². The summed E-state index contributed by atoms with van der Waals surface area (Å²) >= 11 is 0. The van der Waals surface area contributed by atoms with Crippen molar-refractivity contribution in [2.75, 3.05) is 13.2 Å².